The van der Waals surface area contributed by atoms with Crippen molar-refractivity contribution in [2.45, 2.75) is 6.92 Å². The molecule has 0 unspecified atom stereocenters. The van der Waals surface area contributed by atoms with Crippen LogP contribution in [0.15, 0.2) is 41.1 Å². The first-order chi connectivity index (χ1) is 7.75. The van der Waals surface area contributed by atoms with E-state index in [1.54, 1.807) is 12.4 Å². The van der Waals surface area contributed by atoms with Crippen molar-refractivity contribution >= 4 is 37.7 Å². The zero-order valence-electron chi connectivity index (χ0n) is 8.74. The minimum atomic E-state index is 0.927. The topological polar surface area (TPSA) is 25.8 Å². The van der Waals surface area contributed by atoms with Crippen molar-refractivity contribution in [1.82, 2.24) is 9.97 Å². The fourth-order valence-electron chi connectivity index (χ4n) is 1.89. The minimum Gasteiger partial charge on any atom is -0.261 e. The summed E-state index contributed by atoms with van der Waals surface area (Å²) in [6.07, 6.45) is 3.59. The van der Waals surface area contributed by atoms with Gasteiger partial charge >= 0.3 is 0 Å². The van der Waals surface area contributed by atoms with Crippen LogP contribution in [0.5, 0.6) is 0 Å². The number of hydrogen-bond acceptors (Lipinski definition) is 2. The van der Waals surface area contributed by atoms with Gasteiger partial charge in [-0.2, -0.15) is 0 Å². The molecule has 0 spiro atoms. The number of hydrogen-bond donors (Lipinski definition) is 0. The number of rotatable bonds is 0. The lowest BCUT2D eigenvalue weighted by Crippen LogP contribution is -1.87. The monoisotopic (exact) mass is 272 g/mol. The lowest BCUT2D eigenvalue weighted by molar-refractivity contribution is 1.31. The van der Waals surface area contributed by atoms with Crippen LogP contribution in [-0.4, -0.2) is 9.97 Å². The van der Waals surface area contributed by atoms with Crippen LogP contribution in [0.3, 0.4) is 0 Å². The molecule has 78 valence electrons. The largest absolute Gasteiger partial charge is 0.261 e. The molecule has 3 rings (SSSR count). The summed E-state index contributed by atoms with van der Waals surface area (Å²) in [6.45, 7) is 2.08. The Balaban J connectivity index is 2.54. The summed E-state index contributed by atoms with van der Waals surface area (Å²) < 4.78 is 0.987. The van der Waals surface area contributed by atoms with E-state index in [9.17, 15) is 0 Å². The van der Waals surface area contributed by atoms with Crippen LogP contribution >= 0.6 is 15.9 Å². The third kappa shape index (κ3) is 1.39. The van der Waals surface area contributed by atoms with Gasteiger partial charge in [-0.15, -0.1) is 0 Å². The van der Waals surface area contributed by atoms with Crippen LogP contribution in [0.1, 0.15) is 5.56 Å². The Labute approximate surface area is 101 Å². The molecular formula is C13H9BrN2. The molecule has 0 saturated carbocycles. The molecule has 0 N–H and O–H groups in total. The Kier molecular flexibility index (Phi) is 2.14. The average molecular weight is 273 g/mol. The Hall–Kier alpha value is -1.48. The van der Waals surface area contributed by atoms with Gasteiger partial charge in [0.15, 0.2) is 0 Å². The first kappa shape index (κ1) is 9.73. The van der Waals surface area contributed by atoms with Crippen LogP contribution in [0.25, 0.3) is 21.8 Å². The fourth-order valence-corrected chi connectivity index (χ4v) is 2.33. The van der Waals surface area contributed by atoms with Crippen molar-refractivity contribution in [3.63, 3.8) is 0 Å². The summed E-state index contributed by atoms with van der Waals surface area (Å²) in [5.41, 5.74) is 3.17. The van der Waals surface area contributed by atoms with Gasteiger partial charge in [0, 0.05) is 21.4 Å². The van der Waals surface area contributed by atoms with Crippen LogP contribution in [-0.2, 0) is 0 Å². The van der Waals surface area contributed by atoms with E-state index in [0.717, 1.165) is 20.9 Å². The number of aryl methyl sites for hydroxylation is 1. The lowest BCUT2D eigenvalue weighted by Gasteiger charge is -2.04. The average Bonchev–Trinajstić information content (AvgIpc) is 2.29. The van der Waals surface area contributed by atoms with E-state index >= 15 is 0 Å². The molecular weight excluding hydrogens is 264 g/mol. The molecule has 2 aromatic heterocycles. The SMILES string of the molecule is Cc1cccc2cc3c(Br)cncc3nc12. The molecule has 0 amide bonds. The quantitative estimate of drug-likeness (QED) is 0.581. The molecule has 0 radical (unpaired) electrons. The van der Waals surface area contributed by atoms with Crippen molar-refractivity contribution in [3.05, 3.63) is 46.7 Å². The molecule has 0 fully saturated rings. The predicted molar refractivity (Wildman–Crippen MR) is 69.5 cm³/mol. The Morgan fingerprint density at radius 2 is 2.06 bits per heavy atom. The van der Waals surface area contributed by atoms with Gasteiger partial charge in [0.05, 0.1) is 17.2 Å². The lowest BCUT2D eigenvalue weighted by atomic mass is 10.1. The molecule has 3 aromatic rings. The Morgan fingerprint density at radius 3 is 2.94 bits per heavy atom. The van der Waals surface area contributed by atoms with Gasteiger partial charge in [-0.25, -0.2) is 4.98 Å². The van der Waals surface area contributed by atoms with E-state index in [1.807, 2.05) is 0 Å². The van der Waals surface area contributed by atoms with Crippen LogP contribution < -0.4 is 0 Å². The van der Waals surface area contributed by atoms with E-state index in [4.69, 9.17) is 0 Å². The molecule has 0 bridgehead atoms. The number of aromatic nitrogens is 2. The Bertz CT molecular complexity index is 630. The first-order valence-corrected chi connectivity index (χ1v) is 5.84. The number of nitrogens with zero attached hydrogens (tertiary/aromatic N) is 2. The second-order valence-corrected chi connectivity index (χ2v) is 4.68. The number of fused-ring (bicyclic) bond motifs is 2. The number of benzene rings is 1. The number of para-hydroxylation sites is 1. The van der Waals surface area contributed by atoms with Crippen molar-refractivity contribution in [2.24, 2.45) is 0 Å². The second-order valence-electron chi connectivity index (χ2n) is 3.82. The van der Waals surface area contributed by atoms with Crippen molar-refractivity contribution in [1.29, 1.82) is 0 Å². The van der Waals surface area contributed by atoms with Gasteiger partial charge in [-0.3, -0.25) is 4.98 Å². The van der Waals surface area contributed by atoms with Gasteiger partial charge < -0.3 is 0 Å². The molecule has 0 aliphatic heterocycles. The molecule has 0 saturated heterocycles. The van der Waals surface area contributed by atoms with Crippen LogP contribution in [0.4, 0.5) is 0 Å². The summed E-state index contributed by atoms with van der Waals surface area (Å²) in [7, 11) is 0. The zero-order valence-corrected chi connectivity index (χ0v) is 10.3. The Morgan fingerprint density at radius 1 is 1.19 bits per heavy atom. The maximum atomic E-state index is 4.65. The van der Waals surface area contributed by atoms with Crippen molar-refractivity contribution in [2.75, 3.05) is 0 Å². The van der Waals surface area contributed by atoms with E-state index in [0.29, 0.717) is 0 Å². The van der Waals surface area contributed by atoms with Gasteiger partial charge in [0.25, 0.3) is 0 Å². The maximum absolute atomic E-state index is 4.65. The van der Waals surface area contributed by atoms with Crippen LogP contribution in [0, 0.1) is 6.92 Å². The summed E-state index contributed by atoms with van der Waals surface area (Å²) in [4.78, 5) is 8.79. The molecule has 1 aromatic carbocycles. The summed E-state index contributed by atoms with van der Waals surface area (Å²) in [5.74, 6) is 0. The van der Waals surface area contributed by atoms with Gasteiger partial charge in [-0.1, -0.05) is 18.2 Å². The third-order valence-corrected chi connectivity index (χ3v) is 3.35. The van der Waals surface area contributed by atoms with Gasteiger partial charge in [-0.05, 0) is 34.5 Å². The highest BCUT2D eigenvalue weighted by atomic mass is 79.9. The predicted octanol–water partition coefficient (Wildman–Crippen LogP) is 3.85. The second kappa shape index (κ2) is 3.52. The standard InChI is InChI=1S/C13H9BrN2/c1-8-3-2-4-9-5-10-11(14)6-15-7-12(10)16-13(8)9/h2-7H,1H3. The highest BCUT2D eigenvalue weighted by Crippen LogP contribution is 2.26. The highest BCUT2D eigenvalue weighted by molar-refractivity contribution is 9.10. The molecule has 3 heteroatoms. The smallest absolute Gasteiger partial charge is 0.0904 e. The highest BCUT2D eigenvalue weighted by Gasteiger charge is 2.04. The van der Waals surface area contributed by atoms with E-state index in [1.165, 1.54) is 10.9 Å². The molecule has 0 atom stereocenters. The number of halogens is 1. The van der Waals surface area contributed by atoms with E-state index in [-0.39, 0.29) is 0 Å². The molecule has 0 aliphatic rings. The van der Waals surface area contributed by atoms with Crippen molar-refractivity contribution < 1.29 is 0 Å². The normalized spacial score (nSPS) is 11.1. The fraction of sp³-hybridized carbons (Fsp3) is 0.0769. The first-order valence-electron chi connectivity index (χ1n) is 5.05. The maximum Gasteiger partial charge on any atom is 0.0904 e. The molecule has 0 aliphatic carbocycles. The van der Waals surface area contributed by atoms with Gasteiger partial charge in [0.2, 0.25) is 0 Å². The summed E-state index contributed by atoms with van der Waals surface area (Å²) in [6, 6.07) is 8.37. The van der Waals surface area contributed by atoms with E-state index < -0.39 is 0 Å². The molecule has 2 nitrogen and oxygen atoms in total. The zero-order chi connectivity index (χ0) is 11.1. The number of pyridine rings is 2. The minimum absolute atomic E-state index is 0.927. The molecule has 16 heavy (non-hydrogen) atoms. The summed E-state index contributed by atoms with van der Waals surface area (Å²) >= 11 is 3.50. The summed E-state index contributed by atoms with van der Waals surface area (Å²) in [5, 5.41) is 2.27. The van der Waals surface area contributed by atoms with Gasteiger partial charge in [0.1, 0.15) is 0 Å². The molecule has 2 heterocycles. The van der Waals surface area contributed by atoms with E-state index in [2.05, 4.69) is 57.1 Å². The third-order valence-electron chi connectivity index (χ3n) is 2.72. The van der Waals surface area contributed by atoms with Crippen LogP contribution in [0.2, 0.25) is 0 Å². The van der Waals surface area contributed by atoms with Crippen molar-refractivity contribution in [3.8, 4) is 0 Å².